The largest absolute Gasteiger partial charge is 0.393 e. The first kappa shape index (κ1) is 20.0. The molecule has 0 bridgehead atoms. The van der Waals surface area contributed by atoms with Crippen LogP contribution in [-0.4, -0.2) is 61.3 Å². The van der Waals surface area contributed by atoms with Crippen molar-refractivity contribution in [2.45, 2.75) is 38.7 Å². The number of aliphatic hydroxyl groups excluding tert-OH is 1. The van der Waals surface area contributed by atoms with E-state index in [4.69, 9.17) is 11.6 Å². The molecule has 1 heterocycles. The van der Waals surface area contributed by atoms with Crippen molar-refractivity contribution >= 4 is 17.6 Å². The van der Waals surface area contributed by atoms with E-state index in [0.717, 1.165) is 81.5 Å². The standard InChI is InChI=1S/C19H31ClN4O/c1-2-21-19(23-12-8-16-6-3-4-7-18(16)20)22-11-5-13-24-14-9-17(25)10-15-24/h3-4,6-7,17,25H,2,5,8-15H2,1H3,(H2,21,22,23). The Morgan fingerprint density at radius 1 is 1.28 bits per heavy atom. The van der Waals surface area contributed by atoms with E-state index in [1.807, 2.05) is 18.2 Å². The Morgan fingerprint density at radius 3 is 2.76 bits per heavy atom. The van der Waals surface area contributed by atoms with Crippen LogP contribution in [0, 0.1) is 0 Å². The first-order chi connectivity index (χ1) is 12.2. The maximum Gasteiger partial charge on any atom is 0.191 e. The van der Waals surface area contributed by atoms with Gasteiger partial charge in [-0.05, 0) is 50.8 Å². The zero-order valence-corrected chi connectivity index (χ0v) is 15.9. The van der Waals surface area contributed by atoms with Gasteiger partial charge in [0, 0.05) is 37.7 Å². The number of benzene rings is 1. The molecule has 1 fully saturated rings. The molecule has 1 aromatic rings. The summed E-state index contributed by atoms with van der Waals surface area (Å²) in [6.07, 6.45) is 3.61. The smallest absolute Gasteiger partial charge is 0.191 e. The summed E-state index contributed by atoms with van der Waals surface area (Å²) < 4.78 is 0. The second-order valence-electron chi connectivity index (χ2n) is 6.46. The van der Waals surface area contributed by atoms with Crippen LogP contribution in [0.1, 0.15) is 31.7 Å². The fourth-order valence-corrected chi connectivity index (χ4v) is 3.22. The summed E-state index contributed by atoms with van der Waals surface area (Å²) in [7, 11) is 0. The highest BCUT2D eigenvalue weighted by atomic mass is 35.5. The molecule has 0 unspecified atom stereocenters. The molecule has 1 aliphatic heterocycles. The third kappa shape index (κ3) is 7.63. The van der Waals surface area contributed by atoms with E-state index in [-0.39, 0.29) is 6.10 Å². The minimum Gasteiger partial charge on any atom is -0.393 e. The molecule has 2 rings (SSSR count). The lowest BCUT2D eigenvalue weighted by Crippen LogP contribution is -2.39. The number of hydrogen-bond donors (Lipinski definition) is 3. The van der Waals surface area contributed by atoms with E-state index in [1.165, 1.54) is 0 Å². The average Bonchev–Trinajstić information content (AvgIpc) is 2.62. The highest BCUT2D eigenvalue weighted by molar-refractivity contribution is 6.31. The zero-order valence-electron chi connectivity index (χ0n) is 15.2. The van der Waals surface area contributed by atoms with E-state index in [1.54, 1.807) is 0 Å². The van der Waals surface area contributed by atoms with Crippen LogP contribution in [0.3, 0.4) is 0 Å². The van der Waals surface area contributed by atoms with Crippen molar-refractivity contribution in [1.29, 1.82) is 0 Å². The van der Waals surface area contributed by atoms with Gasteiger partial charge in [-0.25, -0.2) is 0 Å². The summed E-state index contributed by atoms with van der Waals surface area (Å²) in [5.74, 6) is 0.864. The number of likely N-dealkylation sites (tertiary alicyclic amines) is 1. The van der Waals surface area contributed by atoms with Crippen molar-refractivity contribution < 1.29 is 5.11 Å². The number of guanidine groups is 1. The molecule has 0 spiro atoms. The van der Waals surface area contributed by atoms with E-state index < -0.39 is 0 Å². The maximum atomic E-state index is 9.54. The summed E-state index contributed by atoms with van der Waals surface area (Å²) >= 11 is 6.19. The van der Waals surface area contributed by atoms with Crippen LogP contribution in [0.2, 0.25) is 5.02 Å². The summed E-state index contributed by atoms with van der Waals surface area (Å²) in [6.45, 7) is 7.59. The van der Waals surface area contributed by atoms with Gasteiger partial charge in [0.1, 0.15) is 0 Å². The van der Waals surface area contributed by atoms with Crippen molar-refractivity contribution in [3.63, 3.8) is 0 Å². The van der Waals surface area contributed by atoms with Crippen LogP contribution >= 0.6 is 11.6 Å². The molecule has 0 aliphatic carbocycles. The molecule has 0 atom stereocenters. The lowest BCUT2D eigenvalue weighted by atomic mass is 10.1. The molecule has 25 heavy (non-hydrogen) atoms. The summed E-state index contributed by atoms with van der Waals surface area (Å²) in [5.41, 5.74) is 1.15. The minimum absolute atomic E-state index is 0.100. The predicted molar refractivity (Wildman–Crippen MR) is 105 cm³/mol. The van der Waals surface area contributed by atoms with Crippen molar-refractivity contribution in [3.05, 3.63) is 34.9 Å². The van der Waals surface area contributed by atoms with Gasteiger partial charge in [0.05, 0.1) is 6.10 Å². The molecule has 1 saturated heterocycles. The van der Waals surface area contributed by atoms with E-state index >= 15 is 0 Å². The SMILES string of the molecule is CCNC(=NCCCN1CCC(O)CC1)NCCc1ccccc1Cl. The van der Waals surface area contributed by atoms with Crippen LogP contribution in [0.25, 0.3) is 0 Å². The van der Waals surface area contributed by atoms with Crippen LogP contribution in [-0.2, 0) is 6.42 Å². The van der Waals surface area contributed by atoms with Crippen LogP contribution in [0.15, 0.2) is 29.3 Å². The first-order valence-electron chi connectivity index (χ1n) is 9.35. The van der Waals surface area contributed by atoms with Gasteiger partial charge in [-0.1, -0.05) is 29.8 Å². The molecule has 1 aromatic carbocycles. The average molecular weight is 367 g/mol. The summed E-state index contributed by atoms with van der Waals surface area (Å²) in [5, 5.41) is 17.0. The van der Waals surface area contributed by atoms with Crippen LogP contribution < -0.4 is 10.6 Å². The number of rotatable bonds is 8. The van der Waals surface area contributed by atoms with Gasteiger partial charge in [-0.3, -0.25) is 4.99 Å². The lowest BCUT2D eigenvalue weighted by Gasteiger charge is -2.29. The molecule has 1 aliphatic rings. The molecule has 0 amide bonds. The Morgan fingerprint density at radius 2 is 2.04 bits per heavy atom. The van der Waals surface area contributed by atoms with Crippen LogP contribution in [0.4, 0.5) is 0 Å². The summed E-state index contributed by atoms with van der Waals surface area (Å²) in [6, 6.07) is 7.95. The van der Waals surface area contributed by atoms with Gasteiger partial charge in [-0.15, -0.1) is 0 Å². The molecular formula is C19H31ClN4O. The summed E-state index contributed by atoms with van der Waals surface area (Å²) in [4.78, 5) is 7.07. The number of halogens is 1. The topological polar surface area (TPSA) is 59.9 Å². The normalized spacial score (nSPS) is 16.8. The van der Waals surface area contributed by atoms with Crippen molar-refractivity contribution in [3.8, 4) is 0 Å². The second kappa shape index (κ2) is 11.3. The number of aliphatic hydroxyl groups is 1. The zero-order chi connectivity index (χ0) is 17.9. The Balaban J connectivity index is 1.68. The molecule has 3 N–H and O–H groups in total. The van der Waals surface area contributed by atoms with E-state index in [9.17, 15) is 5.11 Å². The van der Waals surface area contributed by atoms with Gasteiger partial charge < -0.3 is 20.6 Å². The number of nitrogens with one attached hydrogen (secondary N) is 2. The molecule has 0 saturated carbocycles. The Hall–Kier alpha value is -1.30. The van der Waals surface area contributed by atoms with Crippen molar-refractivity contribution in [2.75, 3.05) is 39.3 Å². The molecule has 0 radical (unpaired) electrons. The molecular weight excluding hydrogens is 336 g/mol. The highest BCUT2D eigenvalue weighted by Gasteiger charge is 2.15. The Bertz CT molecular complexity index is 530. The van der Waals surface area contributed by atoms with Gasteiger partial charge in [0.2, 0.25) is 0 Å². The van der Waals surface area contributed by atoms with Gasteiger partial charge >= 0.3 is 0 Å². The van der Waals surface area contributed by atoms with Crippen molar-refractivity contribution in [2.24, 2.45) is 4.99 Å². The number of hydrogen-bond acceptors (Lipinski definition) is 3. The Labute approximate surface area is 156 Å². The Kier molecular flexibility index (Phi) is 9.08. The third-order valence-electron chi connectivity index (χ3n) is 4.45. The second-order valence-corrected chi connectivity index (χ2v) is 6.86. The number of aliphatic imine (C=N–C) groups is 1. The lowest BCUT2D eigenvalue weighted by molar-refractivity contribution is 0.0824. The van der Waals surface area contributed by atoms with E-state index in [2.05, 4.69) is 33.5 Å². The van der Waals surface area contributed by atoms with Gasteiger partial charge in [0.15, 0.2) is 5.96 Å². The quantitative estimate of drug-likeness (QED) is 0.375. The number of piperidine rings is 1. The maximum absolute atomic E-state index is 9.54. The van der Waals surface area contributed by atoms with E-state index in [0.29, 0.717) is 0 Å². The van der Waals surface area contributed by atoms with Crippen LogP contribution in [0.5, 0.6) is 0 Å². The highest BCUT2D eigenvalue weighted by Crippen LogP contribution is 2.14. The molecule has 5 nitrogen and oxygen atoms in total. The van der Waals surface area contributed by atoms with Gasteiger partial charge in [0.25, 0.3) is 0 Å². The number of nitrogens with zero attached hydrogens (tertiary/aromatic N) is 2. The van der Waals surface area contributed by atoms with Gasteiger partial charge in [-0.2, -0.15) is 0 Å². The third-order valence-corrected chi connectivity index (χ3v) is 4.82. The fraction of sp³-hybridized carbons (Fsp3) is 0.632. The molecule has 0 aromatic heterocycles. The molecule has 140 valence electrons. The predicted octanol–water partition coefficient (Wildman–Crippen LogP) is 2.28. The minimum atomic E-state index is -0.100. The molecule has 6 heteroatoms. The first-order valence-corrected chi connectivity index (χ1v) is 9.73. The fourth-order valence-electron chi connectivity index (χ4n) is 2.99. The monoisotopic (exact) mass is 366 g/mol. The van der Waals surface area contributed by atoms with Crippen molar-refractivity contribution in [1.82, 2.24) is 15.5 Å².